The Labute approximate surface area is 122 Å². The van der Waals surface area contributed by atoms with Crippen LogP contribution in [0.1, 0.15) is 69.4 Å². The molecule has 0 aliphatic heterocycles. The Morgan fingerprint density at radius 2 is 1.95 bits per heavy atom. The van der Waals surface area contributed by atoms with Crippen LogP contribution in [0, 0.1) is 6.92 Å². The summed E-state index contributed by atoms with van der Waals surface area (Å²) in [5, 5.41) is 4.85. The molecule has 0 aliphatic carbocycles. The van der Waals surface area contributed by atoms with Gasteiger partial charge in [-0.05, 0) is 49.4 Å². The van der Waals surface area contributed by atoms with Crippen LogP contribution < -0.4 is 5.32 Å². The molecule has 0 saturated carbocycles. The molecule has 0 saturated heterocycles. The van der Waals surface area contributed by atoms with Gasteiger partial charge in [-0.15, -0.1) is 0 Å². The van der Waals surface area contributed by atoms with E-state index in [1.54, 1.807) is 0 Å². The standard InChI is InChI=1S/C18H27NO/c1-6-10-19-16(7-2)17-11-15-14(12(3)4)9-8-13(5)18(15)20-17/h8-9,11-12,16,19H,6-7,10H2,1-5H3. The van der Waals surface area contributed by atoms with Crippen molar-refractivity contribution in [1.82, 2.24) is 5.32 Å². The highest BCUT2D eigenvalue weighted by Gasteiger charge is 2.17. The number of furan rings is 1. The number of nitrogens with one attached hydrogen (secondary N) is 1. The van der Waals surface area contributed by atoms with Gasteiger partial charge in [-0.25, -0.2) is 0 Å². The van der Waals surface area contributed by atoms with Crippen LogP contribution in [0.3, 0.4) is 0 Å². The summed E-state index contributed by atoms with van der Waals surface area (Å²) in [6, 6.07) is 6.98. The quantitative estimate of drug-likeness (QED) is 0.771. The first-order valence-corrected chi connectivity index (χ1v) is 7.84. The molecule has 1 aromatic carbocycles. The Morgan fingerprint density at radius 3 is 2.55 bits per heavy atom. The smallest absolute Gasteiger partial charge is 0.137 e. The van der Waals surface area contributed by atoms with Crippen molar-refractivity contribution in [2.24, 2.45) is 0 Å². The maximum absolute atomic E-state index is 6.18. The van der Waals surface area contributed by atoms with Crippen molar-refractivity contribution in [1.29, 1.82) is 0 Å². The number of benzene rings is 1. The van der Waals surface area contributed by atoms with Gasteiger partial charge in [0.1, 0.15) is 11.3 Å². The van der Waals surface area contributed by atoms with E-state index in [4.69, 9.17) is 4.42 Å². The van der Waals surface area contributed by atoms with Crippen molar-refractivity contribution in [3.8, 4) is 0 Å². The highest BCUT2D eigenvalue weighted by molar-refractivity contribution is 5.85. The minimum atomic E-state index is 0.321. The van der Waals surface area contributed by atoms with Crippen LogP contribution in [0.4, 0.5) is 0 Å². The second kappa shape index (κ2) is 6.45. The summed E-state index contributed by atoms with van der Waals surface area (Å²) >= 11 is 0. The van der Waals surface area contributed by atoms with Gasteiger partial charge in [0.2, 0.25) is 0 Å². The second-order valence-electron chi connectivity index (χ2n) is 5.93. The zero-order chi connectivity index (χ0) is 14.7. The molecule has 1 unspecified atom stereocenters. The molecular weight excluding hydrogens is 246 g/mol. The van der Waals surface area contributed by atoms with Crippen molar-refractivity contribution >= 4 is 11.0 Å². The molecule has 1 N–H and O–H groups in total. The molecule has 1 heterocycles. The predicted octanol–water partition coefficient (Wildman–Crippen LogP) is 5.32. The van der Waals surface area contributed by atoms with Crippen LogP contribution in [-0.4, -0.2) is 6.54 Å². The molecule has 1 aromatic heterocycles. The number of hydrogen-bond acceptors (Lipinski definition) is 2. The van der Waals surface area contributed by atoms with Crippen LogP contribution in [0.25, 0.3) is 11.0 Å². The number of aryl methyl sites for hydroxylation is 1. The lowest BCUT2D eigenvalue weighted by atomic mass is 9.97. The van der Waals surface area contributed by atoms with Crippen molar-refractivity contribution < 1.29 is 4.42 Å². The fraction of sp³-hybridized carbons (Fsp3) is 0.556. The summed E-state index contributed by atoms with van der Waals surface area (Å²) in [4.78, 5) is 0. The molecule has 2 rings (SSSR count). The Balaban J connectivity index is 2.46. The van der Waals surface area contributed by atoms with Gasteiger partial charge in [-0.1, -0.05) is 39.8 Å². The average Bonchev–Trinajstić information content (AvgIpc) is 2.85. The fourth-order valence-corrected chi connectivity index (χ4v) is 2.74. The normalized spacial score (nSPS) is 13.3. The average molecular weight is 273 g/mol. The van der Waals surface area contributed by atoms with E-state index < -0.39 is 0 Å². The third kappa shape index (κ3) is 2.90. The minimum Gasteiger partial charge on any atom is -0.459 e. The summed E-state index contributed by atoms with van der Waals surface area (Å²) in [5.74, 6) is 1.60. The molecule has 0 aliphatic rings. The summed E-state index contributed by atoms with van der Waals surface area (Å²) in [6.07, 6.45) is 2.20. The van der Waals surface area contributed by atoms with E-state index in [2.05, 4.69) is 58.1 Å². The summed E-state index contributed by atoms with van der Waals surface area (Å²) < 4.78 is 6.18. The van der Waals surface area contributed by atoms with Gasteiger partial charge < -0.3 is 9.73 Å². The lowest BCUT2D eigenvalue weighted by Gasteiger charge is -2.13. The maximum atomic E-state index is 6.18. The molecule has 110 valence electrons. The van der Waals surface area contributed by atoms with E-state index in [1.807, 2.05) is 0 Å². The molecule has 2 heteroatoms. The topological polar surface area (TPSA) is 25.2 Å². The zero-order valence-corrected chi connectivity index (χ0v) is 13.4. The van der Waals surface area contributed by atoms with Gasteiger partial charge in [0.05, 0.1) is 6.04 Å². The highest BCUT2D eigenvalue weighted by Crippen LogP contribution is 2.33. The van der Waals surface area contributed by atoms with Gasteiger partial charge >= 0.3 is 0 Å². The molecule has 0 bridgehead atoms. The van der Waals surface area contributed by atoms with Gasteiger partial charge in [-0.2, -0.15) is 0 Å². The third-order valence-corrected chi connectivity index (χ3v) is 3.95. The lowest BCUT2D eigenvalue weighted by Crippen LogP contribution is -2.20. The van der Waals surface area contributed by atoms with Crippen molar-refractivity contribution in [2.45, 2.75) is 59.4 Å². The van der Waals surface area contributed by atoms with Gasteiger partial charge in [-0.3, -0.25) is 0 Å². The minimum absolute atomic E-state index is 0.321. The van der Waals surface area contributed by atoms with E-state index in [9.17, 15) is 0 Å². The molecular formula is C18H27NO. The van der Waals surface area contributed by atoms with Crippen molar-refractivity contribution in [3.63, 3.8) is 0 Å². The molecule has 1 atom stereocenters. The van der Waals surface area contributed by atoms with Crippen LogP contribution in [0.2, 0.25) is 0 Å². The fourth-order valence-electron chi connectivity index (χ4n) is 2.74. The van der Waals surface area contributed by atoms with Crippen LogP contribution >= 0.6 is 0 Å². The Kier molecular flexibility index (Phi) is 4.87. The molecule has 2 aromatic rings. The van der Waals surface area contributed by atoms with Gasteiger partial charge in [0, 0.05) is 5.39 Å². The van der Waals surface area contributed by atoms with E-state index >= 15 is 0 Å². The van der Waals surface area contributed by atoms with Crippen LogP contribution in [-0.2, 0) is 0 Å². The number of hydrogen-bond donors (Lipinski definition) is 1. The van der Waals surface area contributed by atoms with E-state index in [0.29, 0.717) is 12.0 Å². The first kappa shape index (κ1) is 15.1. The van der Waals surface area contributed by atoms with Crippen LogP contribution in [0.15, 0.2) is 22.6 Å². The first-order valence-electron chi connectivity index (χ1n) is 7.84. The lowest BCUT2D eigenvalue weighted by molar-refractivity contribution is 0.420. The largest absolute Gasteiger partial charge is 0.459 e. The highest BCUT2D eigenvalue weighted by atomic mass is 16.3. The molecule has 0 spiro atoms. The van der Waals surface area contributed by atoms with Crippen molar-refractivity contribution in [2.75, 3.05) is 6.54 Å². The van der Waals surface area contributed by atoms with Gasteiger partial charge in [0.15, 0.2) is 0 Å². The number of rotatable bonds is 6. The van der Waals surface area contributed by atoms with E-state index in [1.165, 1.54) is 16.5 Å². The van der Waals surface area contributed by atoms with E-state index in [-0.39, 0.29) is 0 Å². The maximum Gasteiger partial charge on any atom is 0.137 e. The summed E-state index contributed by atoms with van der Waals surface area (Å²) in [7, 11) is 0. The summed E-state index contributed by atoms with van der Waals surface area (Å²) in [6.45, 7) is 12.0. The molecule has 0 fully saturated rings. The zero-order valence-electron chi connectivity index (χ0n) is 13.4. The number of fused-ring (bicyclic) bond motifs is 1. The summed E-state index contributed by atoms with van der Waals surface area (Å²) in [5.41, 5.74) is 3.66. The monoisotopic (exact) mass is 273 g/mol. The predicted molar refractivity (Wildman–Crippen MR) is 86.4 cm³/mol. The first-order chi connectivity index (χ1) is 9.58. The molecule has 0 amide bonds. The molecule has 2 nitrogen and oxygen atoms in total. The Hall–Kier alpha value is -1.28. The Bertz CT molecular complexity index is 568. The molecule has 20 heavy (non-hydrogen) atoms. The SMILES string of the molecule is CCCNC(CC)c1cc2c(C(C)C)ccc(C)c2o1. The van der Waals surface area contributed by atoms with Crippen LogP contribution in [0.5, 0.6) is 0 Å². The van der Waals surface area contributed by atoms with Crippen molar-refractivity contribution in [3.05, 3.63) is 35.1 Å². The second-order valence-corrected chi connectivity index (χ2v) is 5.93. The molecule has 0 radical (unpaired) electrons. The third-order valence-electron chi connectivity index (χ3n) is 3.95. The Morgan fingerprint density at radius 1 is 1.20 bits per heavy atom. The van der Waals surface area contributed by atoms with E-state index in [0.717, 1.165) is 30.7 Å². The van der Waals surface area contributed by atoms with Gasteiger partial charge in [0.25, 0.3) is 0 Å².